The largest absolute Gasteiger partial charge is 0.374 e. The van der Waals surface area contributed by atoms with Gasteiger partial charge in [-0.25, -0.2) is 4.39 Å². The number of thioether (sulfide) groups is 1. The number of aromatic nitrogens is 1. The highest BCUT2D eigenvalue weighted by Crippen LogP contribution is 2.41. The Balaban J connectivity index is 1.74. The van der Waals surface area contributed by atoms with Crippen LogP contribution in [-0.2, 0) is 4.74 Å². The van der Waals surface area contributed by atoms with Crippen molar-refractivity contribution in [3.8, 4) is 0 Å². The maximum absolute atomic E-state index is 12.8. The van der Waals surface area contributed by atoms with Crippen LogP contribution in [0.3, 0.4) is 0 Å². The second-order valence-electron chi connectivity index (χ2n) is 5.25. The molecule has 0 N–H and O–H groups in total. The first-order valence-electron chi connectivity index (χ1n) is 6.56. The fraction of sp³-hybridized carbons (Fsp3) is 0.571. The summed E-state index contributed by atoms with van der Waals surface area (Å²) in [7, 11) is 0. The molecular formula is C14H16FNO2S. The number of pyridine rings is 1. The molecule has 1 aromatic rings. The van der Waals surface area contributed by atoms with E-state index in [0.717, 1.165) is 37.0 Å². The summed E-state index contributed by atoms with van der Waals surface area (Å²) in [6.45, 7) is 0.637. The number of hydrogen-bond acceptors (Lipinski definition) is 4. The topological polar surface area (TPSA) is 39.2 Å². The summed E-state index contributed by atoms with van der Waals surface area (Å²) in [5, 5.41) is 0. The molecule has 3 nitrogen and oxygen atoms in total. The SMILES string of the molecule is O=C(c1ccc(F)cn1)C1CCOC2(CCSC2)C1. The van der Waals surface area contributed by atoms with Crippen molar-refractivity contribution in [2.45, 2.75) is 24.9 Å². The summed E-state index contributed by atoms with van der Waals surface area (Å²) < 4.78 is 18.7. The van der Waals surface area contributed by atoms with Crippen molar-refractivity contribution in [2.24, 2.45) is 5.92 Å². The van der Waals surface area contributed by atoms with Crippen molar-refractivity contribution in [3.63, 3.8) is 0 Å². The molecule has 3 rings (SSSR count). The molecule has 5 heteroatoms. The van der Waals surface area contributed by atoms with Gasteiger partial charge < -0.3 is 4.74 Å². The molecule has 1 aromatic heterocycles. The van der Waals surface area contributed by atoms with Gasteiger partial charge in [-0.1, -0.05) is 0 Å². The van der Waals surface area contributed by atoms with Gasteiger partial charge in [-0.15, -0.1) is 0 Å². The summed E-state index contributed by atoms with van der Waals surface area (Å²) >= 11 is 1.89. The first-order valence-corrected chi connectivity index (χ1v) is 7.71. The lowest BCUT2D eigenvalue weighted by Crippen LogP contribution is -2.42. The van der Waals surface area contributed by atoms with E-state index < -0.39 is 5.82 Å². The van der Waals surface area contributed by atoms with E-state index >= 15 is 0 Å². The van der Waals surface area contributed by atoms with Crippen LogP contribution in [0, 0.1) is 11.7 Å². The Morgan fingerprint density at radius 1 is 1.53 bits per heavy atom. The van der Waals surface area contributed by atoms with Crippen LogP contribution in [0.15, 0.2) is 18.3 Å². The van der Waals surface area contributed by atoms with Crippen molar-refractivity contribution < 1.29 is 13.9 Å². The van der Waals surface area contributed by atoms with Crippen LogP contribution in [0.25, 0.3) is 0 Å². The summed E-state index contributed by atoms with van der Waals surface area (Å²) in [5.41, 5.74) is 0.262. The average molecular weight is 281 g/mol. The third-order valence-electron chi connectivity index (χ3n) is 3.91. The fourth-order valence-electron chi connectivity index (χ4n) is 2.85. The van der Waals surface area contributed by atoms with Gasteiger partial charge in [0.2, 0.25) is 0 Å². The van der Waals surface area contributed by atoms with E-state index in [1.54, 1.807) is 0 Å². The third-order valence-corrected chi connectivity index (χ3v) is 5.13. The van der Waals surface area contributed by atoms with Gasteiger partial charge in [0.1, 0.15) is 11.5 Å². The van der Waals surface area contributed by atoms with E-state index in [9.17, 15) is 9.18 Å². The van der Waals surface area contributed by atoms with Gasteiger partial charge >= 0.3 is 0 Å². The molecule has 0 amide bonds. The van der Waals surface area contributed by atoms with Crippen LogP contribution in [0.4, 0.5) is 4.39 Å². The molecule has 0 aromatic carbocycles. The quantitative estimate of drug-likeness (QED) is 0.781. The minimum Gasteiger partial charge on any atom is -0.374 e. The summed E-state index contributed by atoms with van der Waals surface area (Å²) in [6, 6.07) is 2.77. The normalized spacial score (nSPS) is 30.7. The van der Waals surface area contributed by atoms with Gasteiger partial charge in [0.15, 0.2) is 5.78 Å². The lowest BCUT2D eigenvalue weighted by atomic mass is 9.82. The Bertz CT molecular complexity index is 471. The number of Topliss-reactive ketones (excluding diaryl/α,β-unsaturated/α-hetero) is 1. The molecule has 2 unspecified atom stereocenters. The number of ether oxygens (including phenoxy) is 1. The van der Waals surface area contributed by atoms with Crippen LogP contribution in [0.5, 0.6) is 0 Å². The molecule has 102 valence electrons. The van der Waals surface area contributed by atoms with Crippen molar-refractivity contribution >= 4 is 17.5 Å². The van der Waals surface area contributed by atoms with E-state index in [-0.39, 0.29) is 17.3 Å². The zero-order valence-corrected chi connectivity index (χ0v) is 11.4. The summed E-state index contributed by atoms with van der Waals surface area (Å²) in [6.07, 6.45) is 3.65. The maximum Gasteiger partial charge on any atom is 0.184 e. The predicted octanol–water partition coefficient (Wildman–Crippen LogP) is 2.71. The van der Waals surface area contributed by atoms with Gasteiger partial charge in [-0.2, -0.15) is 11.8 Å². The van der Waals surface area contributed by atoms with E-state index in [4.69, 9.17) is 4.74 Å². The second-order valence-corrected chi connectivity index (χ2v) is 6.35. The van der Waals surface area contributed by atoms with Gasteiger partial charge in [-0.05, 0) is 37.1 Å². The lowest BCUT2D eigenvalue weighted by Gasteiger charge is -2.37. The molecule has 0 saturated carbocycles. The number of halogens is 1. The van der Waals surface area contributed by atoms with Gasteiger partial charge in [-0.3, -0.25) is 9.78 Å². The number of rotatable bonds is 2. The van der Waals surface area contributed by atoms with Crippen LogP contribution < -0.4 is 0 Å². The molecule has 19 heavy (non-hydrogen) atoms. The van der Waals surface area contributed by atoms with E-state index in [1.165, 1.54) is 12.1 Å². The molecule has 0 radical (unpaired) electrons. The molecule has 1 spiro atoms. The van der Waals surface area contributed by atoms with E-state index in [1.807, 2.05) is 11.8 Å². The molecule has 3 heterocycles. The van der Waals surface area contributed by atoms with Gasteiger partial charge in [0, 0.05) is 18.3 Å². The fourth-order valence-corrected chi connectivity index (χ4v) is 4.22. The first-order chi connectivity index (χ1) is 9.19. The smallest absolute Gasteiger partial charge is 0.184 e. The zero-order valence-electron chi connectivity index (χ0n) is 10.6. The van der Waals surface area contributed by atoms with Crippen molar-refractivity contribution in [3.05, 3.63) is 29.8 Å². The molecule has 2 fully saturated rings. The van der Waals surface area contributed by atoms with Crippen LogP contribution in [-0.4, -0.2) is 34.5 Å². The second kappa shape index (κ2) is 5.21. The number of hydrogen-bond donors (Lipinski definition) is 0. The molecule has 2 atom stereocenters. The zero-order chi connectivity index (χ0) is 13.3. The maximum atomic E-state index is 12.8. The Labute approximate surface area is 115 Å². The number of ketones is 1. The molecule has 2 saturated heterocycles. The van der Waals surface area contributed by atoms with Gasteiger partial charge in [0.05, 0.1) is 11.8 Å². The summed E-state index contributed by atoms with van der Waals surface area (Å²) in [4.78, 5) is 16.3. The van der Waals surface area contributed by atoms with Crippen LogP contribution in [0.2, 0.25) is 0 Å². The number of carbonyl (C=O) groups excluding carboxylic acids is 1. The minimum absolute atomic E-state index is 0.0274. The van der Waals surface area contributed by atoms with E-state index in [2.05, 4.69) is 4.98 Å². The highest BCUT2D eigenvalue weighted by Gasteiger charge is 2.42. The Morgan fingerprint density at radius 3 is 3.11 bits per heavy atom. The Morgan fingerprint density at radius 2 is 2.42 bits per heavy atom. The van der Waals surface area contributed by atoms with Crippen molar-refractivity contribution in [1.29, 1.82) is 0 Å². The standard InChI is InChI=1S/C14H16FNO2S/c15-11-1-2-12(16-8-11)13(17)10-3-5-18-14(7-10)4-6-19-9-14/h1-2,8,10H,3-7,9H2. The minimum atomic E-state index is -0.410. The molecule has 2 aliphatic rings. The molecule has 0 aliphatic carbocycles. The van der Waals surface area contributed by atoms with Crippen molar-refractivity contribution in [2.75, 3.05) is 18.1 Å². The highest BCUT2D eigenvalue weighted by atomic mass is 32.2. The first kappa shape index (κ1) is 13.1. The van der Waals surface area contributed by atoms with Crippen LogP contribution >= 0.6 is 11.8 Å². The number of nitrogens with zero attached hydrogens (tertiary/aromatic N) is 1. The Hall–Kier alpha value is -0.940. The van der Waals surface area contributed by atoms with Gasteiger partial charge in [0.25, 0.3) is 0 Å². The van der Waals surface area contributed by atoms with Crippen molar-refractivity contribution in [1.82, 2.24) is 4.98 Å². The third kappa shape index (κ3) is 2.67. The Kier molecular flexibility index (Phi) is 3.58. The lowest BCUT2D eigenvalue weighted by molar-refractivity contribution is -0.0735. The van der Waals surface area contributed by atoms with E-state index in [0.29, 0.717) is 12.3 Å². The molecule has 2 aliphatic heterocycles. The summed E-state index contributed by atoms with van der Waals surface area (Å²) in [5.74, 6) is 1.67. The monoisotopic (exact) mass is 281 g/mol. The molecule has 0 bridgehead atoms. The van der Waals surface area contributed by atoms with Crippen LogP contribution in [0.1, 0.15) is 29.8 Å². The highest BCUT2D eigenvalue weighted by molar-refractivity contribution is 7.99. The molecular weight excluding hydrogens is 265 g/mol. The predicted molar refractivity (Wildman–Crippen MR) is 71.9 cm³/mol. The number of carbonyl (C=O) groups is 1. The average Bonchev–Trinajstić information content (AvgIpc) is 2.87.